The van der Waals surface area contributed by atoms with Crippen LogP contribution in [-0.4, -0.2) is 61.2 Å². The van der Waals surface area contributed by atoms with Crippen molar-refractivity contribution in [2.45, 2.75) is 30.6 Å². The van der Waals surface area contributed by atoms with E-state index in [1.165, 1.54) is 0 Å². The smallest absolute Gasteiger partial charge is 0.234 e. The minimum atomic E-state index is -3.10. The van der Waals surface area contributed by atoms with Gasteiger partial charge in [0.1, 0.15) is 6.10 Å². The van der Waals surface area contributed by atoms with Gasteiger partial charge in [0.25, 0.3) is 0 Å². The lowest BCUT2D eigenvalue weighted by Crippen LogP contribution is -2.33. The first kappa shape index (κ1) is 14.5. The Morgan fingerprint density at radius 1 is 1.29 bits per heavy atom. The van der Waals surface area contributed by atoms with Crippen LogP contribution in [0.1, 0.15) is 19.3 Å². The molecule has 2 fully saturated rings. The van der Waals surface area contributed by atoms with E-state index in [0.717, 1.165) is 12.8 Å². The van der Waals surface area contributed by atoms with Crippen LogP contribution in [0.5, 0.6) is 5.88 Å². The van der Waals surface area contributed by atoms with E-state index in [4.69, 9.17) is 4.74 Å². The summed E-state index contributed by atoms with van der Waals surface area (Å²) in [6.07, 6.45) is 5.35. The number of rotatable bonds is 5. The van der Waals surface area contributed by atoms with Gasteiger partial charge in [0.2, 0.25) is 15.9 Å². The zero-order valence-corrected chi connectivity index (χ0v) is 13.1. The Kier molecular flexibility index (Phi) is 3.75. The van der Waals surface area contributed by atoms with Crippen LogP contribution in [0.3, 0.4) is 0 Å². The number of hydrogen-bond acceptors (Lipinski definition) is 6. The molecule has 3 rings (SSSR count). The van der Waals surface area contributed by atoms with E-state index in [-0.39, 0.29) is 11.4 Å². The number of nitrogens with zero attached hydrogens (tertiary/aromatic N) is 4. The summed E-state index contributed by atoms with van der Waals surface area (Å²) < 4.78 is 31.7. The molecule has 0 radical (unpaired) electrons. The van der Waals surface area contributed by atoms with Crippen molar-refractivity contribution < 1.29 is 13.2 Å². The van der Waals surface area contributed by atoms with Crippen molar-refractivity contribution in [1.82, 2.24) is 14.3 Å². The van der Waals surface area contributed by atoms with Gasteiger partial charge in [-0.1, -0.05) is 0 Å². The summed E-state index contributed by atoms with van der Waals surface area (Å²) in [6.45, 7) is 0.941. The maximum Gasteiger partial charge on any atom is 0.234 e. The summed E-state index contributed by atoms with van der Waals surface area (Å²) in [5, 5.41) is -0.159. The molecular formula is C13H20N4O3S. The molecule has 0 amide bonds. The van der Waals surface area contributed by atoms with Crippen LogP contribution in [-0.2, 0) is 10.0 Å². The third-order valence-electron chi connectivity index (χ3n) is 3.76. The summed E-state index contributed by atoms with van der Waals surface area (Å²) in [5.41, 5.74) is 0. The zero-order chi connectivity index (χ0) is 15.0. The standard InChI is InChI=1S/C13H20N4O3S/c1-16(2)12-7-14-8-13(15-12)20-10-5-6-17(9-10)21(18,19)11-3-4-11/h7-8,10-11H,3-6,9H2,1-2H3/t10-/m0/s1. The van der Waals surface area contributed by atoms with Crippen molar-refractivity contribution in [2.75, 3.05) is 32.1 Å². The molecule has 21 heavy (non-hydrogen) atoms. The first-order chi connectivity index (χ1) is 9.96. The minimum absolute atomic E-state index is 0.148. The van der Waals surface area contributed by atoms with Gasteiger partial charge in [-0.3, -0.25) is 4.98 Å². The Bertz CT molecular complexity index is 616. The Morgan fingerprint density at radius 2 is 2.05 bits per heavy atom. The van der Waals surface area contributed by atoms with Crippen LogP contribution < -0.4 is 9.64 Å². The van der Waals surface area contributed by atoms with Gasteiger partial charge in [-0.25, -0.2) is 8.42 Å². The van der Waals surface area contributed by atoms with Crippen molar-refractivity contribution in [1.29, 1.82) is 0 Å². The van der Waals surface area contributed by atoms with Crippen LogP contribution in [0.2, 0.25) is 0 Å². The highest BCUT2D eigenvalue weighted by atomic mass is 32.2. The molecule has 2 heterocycles. The summed E-state index contributed by atoms with van der Waals surface area (Å²) in [7, 11) is 0.661. The van der Waals surface area contributed by atoms with Gasteiger partial charge < -0.3 is 9.64 Å². The topological polar surface area (TPSA) is 75.6 Å². The summed E-state index contributed by atoms with van der Waals surface area (Å²) >= 11 is 0. The highest BCUT2D eigenvalue weighted by Crippen LogP contribution is 2.33. The quantitative estimate of drug-likeness (QED) is 0.787. The van der Waals surface area contributed by atoms with Gasteiger partial charge in [0.05, 0.1) is 24.2 Å². The summed E-state index contributed by atoms with van der Waals surface area (Å²) in [5.74, 6) is 1.16. The molecule has 8 heteroatoms. The van der Waals surface area contributed by atoms with Crippen molar-refractivity contribution >= 4 is 15.8 Å². The molecule has 1 aliphatic carbocycles. The molecule has 1 atom stereocenters. The number of ether oxygens (including phenoxy) is 1. The van der Waals surface area contributed by atoms with Crippen molar-refractivity contribution in [3.05, 3.63) is 12.4 Å². The fourth-order valence-electron chi connectivity index (χ4n) is 2.38. The van der Waals surface area contributed by atoms with E-state index in [0.29, 0.717) is 31.2 Å². The summed E-state index contributed by atoms with van der Waals surface area (Å²) in [6, 6.07) is 0. The second kappa shape index (κ2) is 5.42. The zero-order valence-electron chi connectivity index (χ0n) is 12.3. The van der Waals surface area contributed by atoms with Gasteiger partial charge >= 0.3 is 0 Å². The van der Waals surface area contributed by atoms with E-state index < -0.39 is 10.0 Å². The van der Waals surface area contributed by atoms with Gasteiger partial charge in [-0.2, -0.15) is 9.29 Å². The third-order valence-corrected chi connectivity index (χ3v) is 6.12. The molecule has 1 aliphatic heterocycles. The summed E-state index contributed by atoms with van der Waals surface area (Å²) in [4.78, 5) is 10.3. The molecule has 0 N–H and O–H groups in total. The molecule has 0 aromatic carbocycles. The predicted molar refractivity (Wildman–Crippen MR) is 78.9 cm³/mol. The highest BCUT2D eigenvalue weighted by Gasteiger charge is 2.43. The fraction of sp³-hybridized carbons (Fsp3) is 0.692. The van der Waals surface area contributed by atoms with Crippen LogP contribution in [0, 0.1) is 0 Å². The van der Waals surface area contributed by atoms with Crippen molar-refractivity contribution in [2.24, 2.45) is 0 Å². The molecule has 0 unspecified atom stereocenters. The molecule has 1 aromatic heterocycles. The predicted octanol–water partition coefficient (Wildman–Crippen LogP) is 0.488. The molecule has 1 saturated heterocycles. The number of aromatic nitrogens is 2. The van der Waals surface area contributed by atoms with E-state index >= 15 is 0 Å². The Hall–Kier alpha value is -1.41. The molecule has 0 bridgehead atoms. The van der Waals surface area contributed by atoms with E-state index in [2.05, 4.69) is 9.97 Å². The molecule has 1 saturated carbocycles. The molecule has 1 aromatic rings. The van der Waals surface area contributed by atoms with E-state index in [1.807, 2.05) is 19.0 Å². The Balaban J connectivity index is 1.63. The molecule has 0 spiro atoms. The molecular weight excluding hydrogens is 292 g/mol. The average molecular weight is 312 g/mol. The van der Waals surface area contributed by atoms with Crippen LogP contribution in [0.15, 0.2) is 12.4 Å². The first-order valence-electron chi connectivity index (χ1n) is 7.12. The van der Waals surface area contributed by atoms with Gasteiger partial charge in [0, 0.05) is 20.6 Å². The Morgan fingerprint density at radius 3 is 2.71 bits per heavy atom. The maximum atomic E-state index is 12.2. The monoisotopic (exact) mass is 312 g/mol. The first-order valence-corrected chi connectivity index (χ1v) is 8.62. The lowest BCUT2D eigenvalue weighted by molar-refractivity contribution is 0.206. The van der Waals surface area contributed by atoms with Gasteiger partial charge in [-0.15, -0.1) is 0 Å². The van der Waals surface area contributed by atoms with Crippen LogP contribution >= 0.6 is 0 Å². The van der Waals surface area contributed by atoms with E-state index in [1.54, 1.807) is 16.7 Å². The molecule has 7 nitrogen and oxygen atoms in total. The van der Waals surface area contributed by atoms with Crippen LogP contribution in [0.4, 0.5) is 5.82 Å². The van der Waals surface area contributed by atoms with Gasteiger partial charge in [0.15, 0.2) is 5.82 Å². The SMILES string of the molecule is CN(C)c1cncc(O[C@H]2CCN(S(=O)(=O)C3CC3)C2)n1. The molecule has 2 aliphatic rings. The van der Waals surface area contributed by atoms with Gasteiger partial charge in [-0.05, 0) is 19.3 Å². The number of anilines is 1. The lowest BCUT2D eigenvalue weighted by atomic mass is 10.3. The Labute approximate surface area is 125 Å². The highest BCUT2D eigenvalue weighted by molar-refractivity contribution is 7.90. The third kappa shape index (κ3) is 3.11. The van der Waals surface area contributed by atoms with Crippen molar-refractivity contribution in [3.8, 4) is 5.88 Å². The maximum absolute atomic E-state index is 12.2. The second-order valence-electron chi connectivity index (χ2n) is 5.74. The number of hydrogen-bond donors (Lipinski definition) is 0. The normalized spacial score (nSPS) is 23.2. The second-order valence-corrected chi connectivity index (χ2v) is 7.95. The van der Waals surface area contributed by atoms with E-state index in [9.17, 15) is 8.42 Å². The molecule has 116 valence electrons. The van der Waals surface area contributed by atoms with Crippen molar-refractivity contribution in [3.63, 3.8) is 0 Å². The lowest BCUT2D eigenvalue weighted by Gasteiger charge is -2.17. The fourth-order valence-corrected chi connectivity index (χ4v) is 4.27. The van der Waals surface area contributed by atoms with Crippen LogP contribution in [0.25, 0.3) is 0 Å². The largest absolute Gasteiger partial charge is 0.472 e. The average Bonchev–Trinajstić information content (AvgIpc) is 3.20. The number of sulfonamides is 1. The minimum Gasteiger partial charge on any atom is -0.472 e.